The molecular formula is C23H35N3O3. The Morgan fingerprint density at radius 3 is 2.34 bits per heavy atom. The van der Waals surface area contributed by atoms with Crippen LogP contribution in [0.4, 0.5) is 4.79 Å². The molecule has 6 nitrogen and oxygen atoms in total. The molecule has 1 aliphatic carbocycles. The van der Waals surface area contributed by atoms with Gasteiger partial charge in [-0.2, -0.15) is 0 Å². The van der Waals surface area contributed by atoms with Crippen molar-refractivity contribution in [1.82, 2.24) is 15.5 Å². The molecule has 6 heteroatoms. The number of ether oxygens (including phenoxy) is 1. The second kappa shape index (κ2) is 11.1. The smallest absolute Gasteiger partial charge is 0.315 e. The van der Waals surface area contributed by atoms with Crippen LogP contribution in [-0.4, -0.2) is 48.6 Å². The molecule has 160 valence electrons. The quantitative estimate of drug-likeness (QED) is 0.683. The van der Waals surface area contributed by atoms with Crippen LogP contribution in [-0.2, 0) is 4.79 Å². The van der Waals surface area contributed by atoms with Gasteiger partial charge in [-0.05, 0) is 50.7 Å². The van der Waals surface area contributed by atoms with Crippen molar-refractivity contribution < 1.29 is 14.3 Å². The third kappa shape index (κ3) is 6.94. The van der Waals surface area contributed by atoms with E-state index in [1.54, 1.807) is 0 Å². The Morgan fingerprint density at radius 1 is 1.00 bits per heavy atom. The standard InChI is InChI=1S/C23H35N3O3/c1-18-8-5-6-11-21(18)29-17-7-12-22(27)26-15-13-20(14-16-26)25-23(28)24-19-9-3-2-4-10-19/h5-6,8,11,19-20H,2-4,7,9-10,12-17H2,1H3,(H2,24,25,28). The van der Waals surface area contributed by atoms with E-state index >= 15 is 0 Å². The Bertz CT molecular complexity index is 665. The molecule has 0 unspecified atom stereocenters. The zero-order valence-corrected chi connectivity index (χ0v) is 17.6. The summed E-state index contributed by atoms with van der Waals surface area (Å²) >= 11 is 0. The molecule has 0 atom stereocenters. The molecule has 3 amide bonds. The average molecular weight is 402 g/mol. The van der Waals surface area contributed by atoms with Crippen LogP contribution >= 0.6 is 0 Å². The minimum atomic E-state index is -0.0463. The van der Waals surface area contributed by atoms with Gasteiger partial charge in [0.05, 0.1) is 6.61 Å². The normalized spacial score (nSPS) is 18.3. The number of para-hydroxylation sites is 1. The first-order valence-corrected chi connectivity index (χ1v) is 11.1. The molecule has 29 heavy (non-hydrogen) atoms. The lowest BCUT2D eigenvalue weighted by molar-refractivity contribution is -0.132. The lowest BCUT2D eigenvalue weighted by Crippen LogP contribution is -2.51. The molecule has 1 aliphatic heterocycles. The summed E-state index contributed by atoms with van der Waals surface area (Å²) in [7, 11) is 0. The Kier molecular flexibility index (Phi) is 8.20. The minimum absolute atomic E-state index is 0.0463. The number of nitrogens with one attached hydrogen (secondary N) is 2. The van der Waals surface area contributed by atoms with Gasteiger partial charge < -0.3 is 20.3 Å². The van der Waals surface area contributed by atoms with Crippen molar-refractivity contribution in [2.75, 3.05) is 19.7 Å². The van der Waals surface area contributed by atoms with Crippen LogP contribution in [0.25, 0.3) is 0 Å². The summed E-state index contributed by atoms with van der Waals surface area (Å²) in [4.78, 5) is 26.6. The second-order valence-electron chi connectivity index (χ2n) is 8.33. The largest absolute Gasteiger partial charge is 0.493 e. The predicted molar refractivity (Wildman–Crippen MR) is 114 cm³/mol. The van der Waals surface area contributed by atoms with Crippen LogP contribution in [0, 0.1) is 6.92 Å². The Labute approximate surface area is 174 Å². The molecule has 2 N–H and O–H groups in total. The Hall–Kier alpha value is -2.24. The van der Waals surface area contributed by atoms with Crippen LogP contribution in [0.2, 0.25) is 0 Å². The van der Waals surface area contributed by atoms with Gasteiger partial charge in [-0.1, -0.05) is 37.5 Å². The summed E-state index contributed by atoms with van der Waals surface area (Å²) in [6, 6.07) is 8.37. The predicted octanol–water partition coefficient (Wildman–Crippen LogP) is 3.78. The van der Waals surface area contributed by atoms with Crippen molar-refractivity contribution in [3.05, 3.63) is 29.8 Å². The number of hydrogen-bond donors (Lipinski definition) is 2. The summed E-state index contributed by atoms with van der Waals surface area (Å²) in [6.45, 7) is 4.00. The maximum Gasteiger partial charge on any atom is 0.315 e. The molecule has 0 spiro atoms. The highest BCUT2D eigenvalue weighted by atomic mass is 16.5. The number of likely N-dealkylation sites (tertiary alicyclic amines) is 1. The van der Waals surface area contributed by atoms with Gasteiger partial charge in [0.25, 0.3) is 0 Å². The van der Waals surface area contributed by atoms with E-state index in [0.29, 0.717) is 32.2 Å². The lowest BCUT2D eigenvalue weighted by Gasteiger charge is -2.33. The molecule has 1 aromatic rings. The molecule has 3 rings (SSSR count). The van der Waals surface area contributed by atoms with Crippen molar-refractivity contribution in [2.24, 2.45) is 0 Å². The fourth-order valence-corrected chi connectivity index (χ4v) is 4.21. The lowest BCUT2D eigenvalue weighted by atomic mass is 9.96. The number of carbonyl (C=O) groups is 2. The summed E-state index contributed by atoms with van der Waals surface area (Å²) < 4.78 is 5.77. The number of aryl methyl sites for hydroxylation is 1. The van der Waals surface area contributed by atoms with E-state index in [2.05, 4.69) is 10.6 Å². The second-order valence-corrected chi connectivity index (χ2v) is 8.33. The molecule has 1 saturated carbocycles. The van der Waals surface area contributed by atoms with Crippen molar-refractivity contribution in [3.63, 3.8) is 0 Å². The van der Waals surface area contributed by atoms with E-state index in [-0.39, 0.29) is 18.0 Å². The summed E-state index contributed by atoms with van der Waals surface area (Å²) in [5, 5.41) is 6.20. The third-order valence-electron chi connectivity index (χ3n) is 6.01. The van der Waals surface area contributed by atoms with Crippen molar-refractivity contribution in [3.8, 4) is 5.75 Å². The zero-order valence-electron chi connectivity index (χ0n) is 17.6. The van der Waals surface area contributed by atoms with E-state index < -0.39 is 0 Å². The van der Waals surface area contributed by atoms with Crippen LogP contribution in [0.3, 0.4) is 0 Å². The highest BCUT2D eigenvalue weighted by Crippen LogP contribution is 2.18. The van der Waals surface area contributed by atoms with Crippen molar-refractivity contribution in [1.29, 1.82) is 0 Å². The number of benzene rings is 1. The van der Waals surface area contributed by atoms with Crippen LogP contribution in [0.1, 0.15) is 63.4 Å². The highest BCUT2D eigenvalue weighted by molar-refractivity contribution is 5.76. The van der Waals surface area contributed by atoms with Crippen molar-refractivity contribution >= 4 is 11.9 Å². The monoisotopic (exact) mass is 401 g/mol. The van der Waals surface area contributed by atoms with Gasteiger partial charge in [0.2, 0.25) is 5.91 Å². The molecule has 0 aromatic heterocycles. The van der Waals surface area contributed by atoms with Crippen LogP contribution < -0.4 is 15.4 Å². The van der Waals surface area contributed by atoms with E-state index in [1.165, 1.54) is 19.3 Å². The van der Waals surface area contributed by atoms with Crippen LogP contribution in [0.15, 0.2) is 24.3 Å². The van der Waals surface area contributed by atoms with Gasteiger partial charge in [0.1, 0.15) is 5.75 Å². The number of amides is 3. The molecule has 1 aromatic carbocycles. The molecule has 1 saturated heterocycles. The fourth-order valence-electron chi connectivity index (χ4n) is 4.21. The Morgan fingerprint density at radius 2 is 1.66 bits per heavy atom. The number of rotatable bonds is 7. The zero-order chi connectivity index (χ0) is 20.5. The minimum Gasteiger partial charge on any atom is -0.493 e. The Balaban J connectivity index is 1.29. The number of piperidine rings is 1. The van der Waals surface area contributed by atoms with Gasteiger partial charge in [-0.3, -0.25) is 4.79 Å². The van der Waals surface area contributed by atoms with E-state index in [9.17, 15) is 9.59 Å². The van der Waals surface area contributed by atoms with Crippen LogP contribution in [0.5, 0.6) is 5.75 Å². The number of urea groups is 1. The third-order valence-corrected chi connectivity index (χ3v) is 6.01. The first-order valence-electron chi connectivity index (χ1n) is 11.1. The molecule has 0 radical (unpaired) electrons. The summed E-state index contributed by atoms with van der Waals surface area (Å²) in [6.07, 6.45) is 8.75. The van der Waals surface area contributed by atoms with E-state index in [0.717, 1.165) is 43.4 Å². The van der Waals surface area contributed by atoms with E-state index in [1.807, 2.05) is 36.1 Å². The number of carbonyl (C=O) groups excluding carboxylic acids is 2. The maximum atomic E-state index is 12.4. The fraction of sp³-hybridized carbons (Fsp3) is 0.652. The molecular weight excluding hydrogens is 366 g/mol. The van der Waals surface area contributed by atoms with Gasteiger partial charge in [-0.15, -0.1) is 0 Å². The first kappa shape index (κ1) is 21.5. The highest BCUT2D eigenvalue weighted by Gasteiger charge is 2.24. The van der Waals surface area contributed by atoms with Gasteiger partial charge in [0, 0.05) is 31.6 Å². The maximum absolute atomic E-state index is 12.4. The SMILES string of the molecule is Cc1ccccc1OCCCC(=O)N1CCC(NC(=O)NC2CCCCC2)CC1. The van der Waals surface area contributed by atoms with Crippen molar-refractivity contribution in [2.45, 2.75) is 76.8 Å². The average Bonchev–Trinajstić information content (AvgIpc) is 2.73. The van der Waals surface area contributed by atoms with Gasteiger partial charge in [0.15, 0.2) is 0 Å². The first-order chi connectivity index (χ1) is 14.1. The molecule has 1 heterocycles. The van der Waals surface area contributed by atoms with Gasteiger partial charge in [-0.25, -0.2) is 4.79 Å². The number of nitrogens with zero attached hydrogens (tertiary/aromatic N) is 1. The number of hydrogen-bond acceptors (Lipinski definition) is 3. The molecule has 2 aliphatic rings. The topological polar surface area (TPSA) is 70.7 Å². The molecule has 2 fully saturated rings. The summed E-state index contributed by atoms with van der Waals surface area (Å²) in [5.41, 5.74) is 1.11. The summed E-state index contributed by atoms with van der Waals surface area (Å²) in [5.74, 6) is 1.07. The van der Waals surface area contributed by atoms with E-state index in [4.69, 9.17) is 4.74 Å². The van der Waals surface area contributed by atoms with Gasteiger partial charge >= 0.3 is 6.03 Å². The molecule has 0 bridgehead atoms.